The Morgan fingerprint density at radius 3 is 2.16 bits per heavy atom. The maximum Gasteiger partial charge on any atom is 0.282 e. The molecule has 2 amide bonds. The molecular formula is C27H26N2O3. The number of nitrogens with one attached hydrogen (secondary N) is 1. The van der Waals surface area contributed by atoms with Gasteiger partial charge in [-0.15, -0.1) is 0 Å². The minimum Gasteiger partial charge on any atom is -0.494 e. The molecule has 5 nitrogen and oxygen atoms in total. The second kappa shape index (κ2) is 9.10. The lowest BCUT2D eigenvalue weighted by atomic mass is 10.0. The topological polar surface area (TPSA) is 58.6 Å². The van der Waals surface area contributed by atoms with Crippen LogP contribution in [0.1, 0.15) is 30.5 Å². The highest BCUT2D eigenvalue weighted by Gasteiger charge is 2.40. The van der Waals surface area contributed by atoms with Gasteiger partial charge in [0.15, 0.2) is 0 Å². The van der Waals surface area contributed by atoms with Crippen LogP contribution >= 0.6 is 0 Å². The number of aryl methyl sites for hydroxylation is 2. The van der Waals surface area contributed by atoms with Crippen LogP contribution < -0.4 is 15.0 Å². The van der Waals surface area contributed by atoms with Crippen molar-refractivity contribution in [3.63, 3.8) is 0 Å². The summed E-state index contributed by atoms with van der Waals surface area (Å²) < 4.78 is 5.53. The maximum absolute atomic E-state index is 13.5. The summed E-state index contributed by atoms with van der Waals surface area (Å²) in [7, 11) is 0. The van der Waals surface area contributed by atoms with Crippen LogP contribution in [0.15, 0.2) is 78.5 Å². The molecule has 3 aromatic carbocycles. The van der Waals surface area contributed by atoms with Crippen molar-refractivity contribution in [3.05, 3.63) is 95.2 Å². The number of hydrogen-bond donors (Lipinski definition) is 1. The zero-order valence-corrected chi connectivity index (χ0v) is 18.5. The van der Waals surface area contributed by atoms with Crippen molar-refractivity contribution in [3.8, 4) is 5.75 Å². The summed E-state index contributed by atoms with van der Waals surface area (Å²) in [6.45, 7) is 6.50. The van der Waals surface area contributed by atoms with Gasteiger partial charge in [-0.05, 0) is 67.3 Å². The number of carbonyl (C=O) groups excluding carboxylic acids is 2. The lowest BCUT2D eigenvalue weighted by molar-refractivity contribution is -0.120. The van der Waals surface area contributed by atoms with Crippen molar-refractivity contribution in [1.29, 1.82) is 0 Å². The highest BCUT2D eigenvalue weighted by Crippen LogP contribution is 2.35. The van der Waals surface area contributed by atoms with Gasteiger partial charge < -0.3 is 10.1 Å². The molecule has 3 aromatic rings. The monoisotopic (exact) mass is 426 g/mol. The van der Waals surface area contributed by atoms with E-state index in [1.165, 1.54) is 4.90 Å². The van der Waals surface area contributed by atoms with E-state index in [2.05, 4.69) is 12.2 Å². The normalized spacial score (nSPS) is 13.7. The third-order valence-corrected chi connectivity index (χ3v) is 5.55. The number of nitrogens with zero attached hydrogens (tertiary/aromatic N) is 1. The van der Waals surface area contributed by atoms with Crippen LogP contribution in [0.3, 0.4) is 0 Å². The molecule has 0 radical (unpaired) electrons. The first-order chi connectivity index (χ1) is 15.5. The molecule has 1 heterocycles. The van der Waals surface area contributed by atoms with E-state index in [1.54, 1.807) is 0 Å². The van der Waals surface area contributed by atoms with Crippen LogP contribution in [-0.2, 0) is 16.0 Å². The van der Waals surface area contributed by atoms with E-state index < -0.39 is 0 Å². The van der Waals surface area contributed by atoms with Crippen molar-refractivity contribution in [2.45, 2.75) is 27.2 Å². The van der Waals surface area contributed by atoms with Crippen LogP contribution in [0, 0.1) is 6.92 Å². The molecule has 1 aliphatic rings. The zero-order valence-electron chi connectivity index (χ0n) is 18.5. The molecule has 32 heavy (non-hydrogen) atoms. The van der Waals surface area contributed by atoms with E-state index in [0.717, 1.165) is 23.2 Å². The Morgan fingerprint density at radius 1 is 0.844 bits per heavy atom. The van der Waals surface area contributed by atoms with E-state index in [0.29, 0.717) is 29.2 Å². The number of para-hydroxylation sites is 1. The molecule has 0 atom stereocenters. The van der Waals surface area contributed by atoms with E-state index >= 15 is 0 Å². The van der Waals surface area contributed by atoms with Crippen molar-refractivity contribution in [1.82, 2.24) is 0 Å². The molecule has 5 heteroatoms. The summed E-state index contributed by atoms with van der Waals surface area (Å²) in [5.41, 5.74) is 4.75. The summed E-state index contributed by atoms with van der Waals surface area (Å²) in [4.78, 5) is 28.3. The number of rotatable bonds is 7. The van der Waals surface area contributed by atoms with E-state index in [4.69, 9.17) is 4.74 Å². The van der Waals surface area contributed by atoms with Gasteiger partial charge in [0, 0.05) is 5.69 Å². The van der Waals surface area contributed by atoms with E-state index in [1.807, 2.05) is 86.6 Å². The number of imide groups is 1. The molecule has 0 saturated carbocycles. The van der Waals surface area contributed by atoms with Crippen LogP contribution in [-0.4, -0.2) is 18.4 Å². The van der Waals surface area contributed by atoms with Gasteiger partial charge in [0.25, 0.3) is 11.8 Å². The Morgan fingerprint density at radius 2 is 1.53 bits per heavy atom. The van der Waals surface area contributed by atoms with Crippen molar-refractivity contribution in [2.75, 3.05) is 16.8 Å². The number of ether oxygens (including phenoxy) is 1. The van der Waals surface area contributed by atoms with Gasteiger partial charge in [-0.3, -0.25) is 9.59 Å². The minimum absolute atomic E-state index is 0.271. The second-order valence-electron chi connectivity index (χ2n) is 7.61. The average Bonchev–Trinajstić information content (AvgIpc) is 3.05. The highest BCUT2D eigenvalue weighted by atomic mass is 16.5. The average molecular weight is 427 g/mol. The SMILES string of the molecule is CCOc1ccc(C2=C(Nc3ccccc3C)C(=O)N(c3ccc(CC)cc3)C2=O)cc1. The Labute approximate surface area is 188 Å². The first-order valence-corrected chi connectivity index (χ1v) is 10.8. The molecule has 0 unspecified atom stereocenters. The smallest absolute Gasteiger partial charge is 0.282 e. The van der Waals surface area contributed by atoms with E-state index in [9.17, 15) is 9.59 Å². The molecule has 0 bridgehead atoms. The van der Waals surface area contributed by atoms with Gasteiger partial charge in [0.05, 0.1) is 17.9 Å². The van der Waals surface area contributed by atoms with Gasteiger partial charge in [0.2, 0.25) is 0 Å². The number of carbonyl (C=O) groups is 2. The largest absolute Gasteiger partial charge is 0.494 e. The van der Waals surface area contributed by atoms with Crippen molar-refractivity contribution < 1.29 is 14.3 Å². The number of hydrogen-bond acceptors (Lipinski definition) is 4. The fourth-order valence-electron chi connectivity index (χ4n) is 3.76. The third kappa shape index (κ3) is 4.02. The molecule has 0 aliphatic carbocycles. The molecule has 0 aromatic heterocycles. The van der Waals surface area contributed by atoms with E-state index in [-0.39, 0.29) is 17.5 Å². The standard InChI is InChI=1S/C27H26N2O3/c1-4-19-10-14-21(15-11-19)29-26(30)24(20-12-16-22(17-13-20)32-5-2)25(27(29)31)28-23-9-7-6-8-18(23)3/h6-17,28H,4-5H2,1-3H3. The number of anilines is 2. The molecule has 1 N–H and O–H groups in total. The summed E-state index contributed by atoms with van der Waals surface area (Å²) >= 11 is 0. The maximum atomic E-state index is 13.5. The predicted molar refractivity (Wildman–Crippen MR) is 128 cm³/mol. The quantitative estimate of drug-likeness (QED) is 0.517. The first-order valence-electron chi connectivity index (χ1n) is 10.8. The number of amides is 2. The highest BCUT2D eigenvalue weighted by molar-refractivity contribution is 6.46. The summed E-state index contributed by atoms with van der Waals surface area (Å²) in [6, 6.07) is 22.5. The molecule has 162 valence electrons. The minimum atomic E-state index is -0.369. The second-order valence-corrected chi connectivity index (χ2v) is 7.61. The van der Waals surface area contributed by atoms with Crippen LogP contribution in [0.2, 0.25) is 0 Å². The Bertz CT molecular complexity index is 1180. The van der Waals surface area contributed by atoms with Crippen LogP contribution in [0.4, 0.5) is 11.4 Å². The molecule has 0 fully saturated rings. The van der Waals surface area contributed by atoms with Gasteiger partial charge >= 0.3 is 0 Å². The van der Waals surface area contributed by atoms with Gasteiger partial charge in [0.1, 0.15) is 11.4 Å². The molecule has 0 spiro atoms. The van der Waals surface area contributed by atoms with Gasteiger partial charge in [-0.25, -0.2) is 4.90 Å². The van der Waals surface area contributed by atoms with Gasteiger partial charge in [-0.1, -0.05) is 49.4 Å². The summed E-state index contributed by atoms with van der Waals surface area (Å²) in [6.07, 6.45) is 0.887. The molecular weight excluding hydrogens is 400 g/mol. The fourth-order valence-corrected chi connectivity index (χ4v) is 3.76. The lowest BCUT2D eigenvalue weighted by Crippen LogP contribution is -2.32. The number of benzene rings is 3. The van der Waals surface area contributed by atoms with Crippen molar-refractivity contribution in [2.24, 2.45) is 0 Å². The Kier molecular flexibility index (Phi) is 6.08. The predicted octanol–water partition coefficient (Wildman–Crippen LogP) is 5.35. The third-order valence-electron chi connectivity index (χ3n) is 5.55. The van der Waals surface area contributed by atoms with Gasteiger partial charge in [-0.2, -0.15) is 0 Å². The molecule has 4 rings (SSSR count). The first kappa shape index (κ1) is 21.4. The summed E-state index contributed by atoms with van der Waals surface area (Å²) in [5, 5.41) is 3.24. The lowest BCUT2D eigenvalue weighted by Gasteiger charge is -2.16. The molecule has 1 aliphatic heterocycles. The molecule has 0 saturated heterocycles. The van der Waals surface area contributed by atoms with Crippen LogP contribution in [0.5, 0.6) is 5.75 Å². The summed E-state index contributed by atoms with van der Waals surface area (Å²) in [5.74, 6) is -0.0000697. The Balaban J connectivity index is 1.78. The zero-order chi connectivity index (χ0) is 22.7. The fraction of sp³-hybridized carbons (Fsp3) is 0.185. The van der Waals surface area contributed by atoms with Crippen LogP contribution in [0.25, 0.3) is 5.57 Å². The Hall–Kier alpha value is -3.86. The van der Waals surface area contributed by atoms with Crippen molar-refractivity contribution >= 4 is 28.8 Å².